The normalized spacial score (nSPS) is 12.9. The van der Waals surface area contributed by atoms with Crippen molar-refractivity contribution in [3.63, 3.8) is 0 Å². The number of H-pyrrole nitrogens is 1. The molecule has 1 aliphatic rings. The van der Waals surface area contributed by atoms with E-state index in [1.807, 2.05) is 36.4 Å². The number of fused-ring (bicyclic) bond motifs is 1. The summed E-state index contributed by atoms with van der Waals surface area (Å²) in [7, 11) is 0. The summed E-state index contributed by atoms with van der Waals surface area (Å²) in [6.45, 7) is 0. The molecule has 5 heteroatoms. The largest absolute Gasteiger partial charge is 0.322 e. The Bertz CT molecular complexity index is 838. The van der Waals surface area contributed by atoms with Crippen LogP contribution < -0.4 is 5.32 Å². The molecular weight excluding hydrogens is 288 g/mol. The van der Waals surface area contributed by atoms with Gasteiger partial charge in [-0.3, -0.25) is 9.89 Å². The monoisotopic (exact) mass is 304 g/mol. The van der Waals surface area contributed by atoms with Crippen molar-refractivity contribution in [3.05, 3.63) is 65.5 Å². The van der Waals surface area contributed by atoms with Gasteiger partial charge in [0, 0.05) is 16.8 Å². The first-order valence-electron chi connectivity index (χ1n) is 7.68. The van der Waals surface area contributed by atoms with Crippen molar-refractivity contribution < 1.29 is 4.79 Å². The van der Waals surface area contributed by atoms with Crippen LogP contribution in [-0.4, -0.2) is 21.1 Å². The molecule has 3 aromatic rings. The number of benzene rings is 2. The number of carbonyl (C=O) groups is 1. The topological polar surface area (TPSA) is 70.7 Å². The lowest BCUT2D eigenvalue weighted by Crippen LogP contribution is -2.12. The molecule has 0 bridgehead atoms. The van der Waals surface area contributed by atoms with Crippen LogP contribution in [-0.2, 0) is 12.8 Å². The number of nitrogens with zero attached hydrogens (tertiary/aromatic N) is 2. The van der Waals surface area contributed by atoms with E-state index >= 15 is 0 Å². The summed E-state index contributed by atoms with van der Waals surface area (Å²) >= 11 is 0. The lowest BCUT2D eigenvalue weighted by atomic mass is 10.1. The van der Waals surface area contributed by atoms with Crippen LogP contribution in [0.3, 0.4) is 0 Å². The van der Waals surface area contributed by atoms with Crippen LogP contribution >= 0.6 is 0 Å². The number of amides is 1. The molecule has 0 fully saturated rings. The highest BCUT2D eigenvalue weighted by Gasteiger charge is 2.14. The van der Waals surface area contributed by atoms with Gasteiger partial charge in [-0.25, -0.2) is 4.98 Å². The third kappa shape index (κ3) is 2.73. The predicted octanol–water partition coefficient (Wildman–Crippen LogP) is 3.21. The zero-order chi connectivity index (χ0) is 15.6. The molecule has 114 valence electrons. The highest BCUT2D eigenvalue weighted by Crippen LogP contribution is 2.23. The minimum absolute atomic E-state index is 0.0767. The smallest absolute Gasteiger partial charge is 0.255 e. The molecule has 1 aliphatic carbocycles. The molecule has 1 heterocycles. The van der Waals surface area contributed by atoms with E-state index in [1.165, 1.54) is 23.9 Å². The van der Waals surface area contributed by atoms with Crippen LogP contribution in [0.15, 0.2) is 48.8 Å². The van der Waals surface area contributed by atoms with E-state index in [2.05, 4.69) is 26.6 Å². The van der Waals surface area contributed by atoms with Gasteiger partial charge in [0.15, 0.2) is 5.82 Å². The molecule has 0 atom stereocenters. The minimum atomic E-state index is -0.0767. The van der Waals surface area contributed by atoms with Crippen LogP contribution in [0.4, 0.5) is 5.69 Å². The van der Waals surface area contributed by atoms with Crippen molar-refractivity contribution in [2.45, 2.75) is 19.3 Å². The van der Waals surface area contributed by atoms with Gasteiger partial charge < -0.3 is 5.32 Å². The SMILES string of the molecule is O=C(Nc1ccc(-c2ncn[nH]2)cc1)c1ccc2c(c1)CCC2. The molecule has 0 saturated heterocycles. The second-order valence-corrected chi connectivity index (χ2v) is 5.70. The van der Waals surface area contributed by atoms with Gasteiger partial charge in [0.05, 0.1) is 0 Å². The molecule has 1 aromatic heterocycles. The van der Waals surface area contributed by atoms with E-state index in [-0.39, 0.29) is 5.91 Å². The lowest BCUT2D eigenvalue weighted by molar-refractivity contribution is 0.102. The van der Waals surface area contributed by atoms with Crippen LogP contribution in [0.1, 0.15) is 27.9 Å². The molecular formula is C18H16N4O. The number of aryl methyl sites for hydroxylation is 2. The van der Waals surface area contributed by atoms with Gasteiger partial charge in [-0.1, -0.05) is 6.07 Å². The minimum Gasteiger partial charge on any atom is -0.322 e. The number of nitrogens with one attached hydrogen (secondary N) is 2. The summed E-state index contributed by atoms with van der Waals surface area (Å²) in [6.07, 6.45) is 4.85. The van der Waals surface area contributed by atoms with E-state index in [9.17, 15) is 4.79 Å². The Hall–Kier alpha value is -2.95. The van der Waals surface area contributed by atoms with Crippen LogP contribution in [0.5, 0.6) is 0 Å². The second kappa shape index (κ2) is 5.68. The zero-order valence-corrected chi connectivity index (χ0v) is 12.5. The number of aromatic nitrogens is 3. The fraction of sp³-hybridized carbons (Fsp3) is 0.167. The highest BCUT2D eigenvalue weighted by molar-refractivity contribution is 6.04. The van der Waals surface area contributed by atoms with E-state index < -0.39 is 0 Å². The maximum Gasteiger partial charge on any atom is 0.255 e. The van der Waals surface area contributed by atoms with E-state index in [4.69, 9.17) is 0 Å². The van der Waals surface area contributed by atoms with Crippen molar-refractivity contribution in [1.29, 1.82) is 0 Å². The summed E-state index contributed by atoms with van der Waals surface area (Å²) < 4.78 is 0. The third-order valence-electron chi connectivity index (χ3n) is 4.19. The van der Waals surface area contributed by atoms with Crippen molar-refractivity contribution in [1.82, 2.24) is 15.2 Å². The lowest BCUT2D eigenvalue weighted by Gasteiger charge is -2.07. The van der Waals surface area contributed by atoms with E-state index in [0.717, 1.165) is 24.1 Å². The molecule has 2 aromatic carbocycles. The molecule has 0 aliphatic heterocycles. The van der Waals surface area contributed by atoms with E-state index in [1.54, 1.807) is 0 Å². The highest BCUT2D eigenvalue weighted by atomic mass is 16.1. The van der Waals surface area contributed by atoms with Gasteiger partial charge in [0.1, 0.15) is 6.33 Å². The zero-order valence-electron chi connectivity index (χ0n) is 12.5. The Morgan fingerprint density at radius 2 is 1.87 bits per heavy atom. The van der Waals surface area contributed by atoms with Gasteiger partial charge in [0.2, 0.25) is 0 Å². The average molecular weight is 304 g/mol. The molecule has 5 nitrogen and oxygen atoms in total. The summed E-state index contributed by atoms with van der Waals surface area (Å²) in [5.41, 5.74) is 5.08. The number of carbonyl (C=O) groups excluding carboxylic acids is 1. The average Bonchev–Trinajstić information content (AvgIpc) is 3.26. The van der Waals surface area contributed by atoms with Gasteiger partial charge in [-0.05, 0) is 66.8 Å². The van der Waals surface area contributed by atoms with Gasteiger partial charge in [0.25, 0.3) is 5.91 Å². The Morgan fingerprint density at radius 3 is 2.65 bits per heavy atom. The summed E-state index contributed by atoms with van der Waals surface area (Å²) in [4.78, 5) is 16.5. The fourth-order valence-electron chi connectivity index (χ4n) is 2.97. The Labute approximate surface area is 133 Å². The standard InChI is InChI=1S/C18H16N4O/c23-18(15-5-4-12-2-1-3-14(12)10-15)21-16-8-6-13(7-9-16)17-19-11-20-22-17/h4-11H,1-3H2,(H,21,23)(H,19,20,22). The Morgan fingerprint density at radius 1 is 1.04 bits per heavy atom. The first-order valence-corrected chi connectivity index (χ1v) is 7.68. The predicted molar refractivity (Wildman–Crippen MR) is 88.2 cm³/mol. The number of rotatable bonds is 3. The quantitative estimate of drug-likeness (QED) is 0.780. The summed E-state index contributed by atoms with van der Waals surface area (Å²) in [5, 5.41) is 9.58. The maximum absolute atomic E-state index is 12.4. The molecule has 0 radical (unpaired) electrons. The molecule has 1 amide bonds. The first-order chi connectivity index (χ1) is 11.3. The number of hydrogen-bond donors (Lipinski definition) is 2. The van der Waals surface area contributed by atoms with Crippen molar-refractivity contribution in [3.8, 4) is 11.4 Å². The van der Waals surface area contributed by atoms with Gasteiger partial charge in [-0.2, -0.15) is 5.10 Å². The molecule has 2 N–H and O–H groups in total. The van der Waals surface area contributed by atoms with Crippen molar-refractivity contribution in [2.24, 2.45) is 0 Å². The van der Waals surface area contributed by atoms with Gasteiger partial charge in [-0.15, -0.1) is 0 Å². The van der Waals surface area contributed by atoms with Crippen LogP contribution in [0.2, 0.25) is 0 Å². The Kier molecular flexibility index (Phi) is 3.38. The first kappa shape index (κ1) is 13.7. The molecule has 0 spiro atoms. The Balaban J connectivity index is 1.50. The molecule has 23 heavy (non-hydrogen) atoms. The number of aromatic amines is 1. The van der Waals surface area contributed by atoms with Crippen molar-refractivity contribution >= 4 is 11.6 Å². The molecule has 4 rings (SSSR count). The number of hydrogen-bond acceptors (Lipinski definition) is 3. The third-order valence-corrected chi connectivity index (χ3v) is 4.19. The fourth-order valence-corrected chi connectivity index (χ4v) is 2.97. The molecule has 0 saturated carbocycles. The van der Waals surface area contributed by atoms with E-state index in [0.29, 0.717) is 11.4 Å². The second-order valence-electron chi connectivity index (χ2n) is 5.70. The maximum atomic E-state index is 12.4. The van der Waals surface area contributed by atoms with Gasteiger partial charge >= 0.3 is 0 Å². The van der Waals surface area contributed by atoms with Crippen LogP contribution in [0, 0.1) is 0 Å². The van der Waals surface area contributed by atoms with Crippen LogP contribution in [0.25, 0.3) is 11.4 Å². The number of anilines is 1. The summed E-state index contributed by atoms with van der Waals surface area (Å²) in [5.74, 6) is 0.633. The molecule has 0 unspecified atom stereocenters. The van der Waals surface area contributed by atoms with Crippen molar-refractivity contribution in [2.75, 3.05) is 5.32 Å². The summed E-state index contributed by atoms with van der Waals surface area (Å²) in [6, 6.07) is 13.5.